The number of hydrogen-bond donors (Lipinski definition) is 2. The zero-order valence-corrected chi connectivity index (χ0v) is 15.2. The number of rotatable bonds is 7. The highest BCUT2D eigenvalue weighted by molar-refractivity contribution is 5.80. The maximum atomic E-state index is 12.6. The lowest BCUT2D eigenvalue weighted by molar-refractivity contribution is -0.384. The largest absolute Gasteiger partial charge is 0.481 e. The molecule has 1 amide bonds. The van der Waals surface area contributed by atoms with Crippen LogP contribution in [0.2, 0.25) is 0 Å². The summed E-state index contributed by atoms with van der Waals surface area (Å²) in [6, 6.07) is 15.6. The van der Waals surface area contributed by atoms with Crippen LogP contribution in [-0.2, 0) is 9.59 Å². The van der Waals surface area contributed by atoms with Crippen LogP contribution in [-0.4, -0.2) is 46.4 Å². The van der Waals surface area contributed by atoms with Gasteiger partial charge in [-0.2, -0.15) is 0 Å². The summed E-state index contributed by atoms with van der Waals surface area (Å²) in [5, 5.41) is 23.5. The first-order valence-electron chi connectivity index (χ1n) is 9.00. The first-order valence-corrected chi connectivity index (χ1v) is 9.00. The molecule has 146 valence electrons. The van der Waals surface area contributed by atoms with Crippen LogP contribution in [0.4, 0.5) is 11.4 Å². The third kappa shape index (κ3) is 4.28. The van der Waals surface area contributed by atoms with E-state index in [1.807, 2.05) is 30.3 Å². The summed E-state index contributed by atoms with van der Waals surface area (Å²) in [4.78, 5) is 36.3. The van der Waals surface area contributed by atoms with E-state index >= 15 is 0 Å². The quantitative estimate of drug-likeness (QED) is 0.561. The highest BCUT2D eigenvalue weighted by atomic mass is 16.6. The fourth-order valence-corrected chi connectivity index (χ4v) is 3.54. The number of para-hydroxylation sites is 2. The Morgan fingerprint density at radius 3 is 2.46 bits per heavy atom. The smallest absolute Gasteiger partial charge is 0.308 e. The van der Waals surface area contributed by atoms with Crippen molar-refractivity contribution in [2.45, 2.75) is 12.3 Å². The molecule has 1 heterocycles. The Hall–Kier alpha value is -3.42. The Labute approximate surface area is 161 Å². The Morgan fingerprint density at radius 2 is 1.79 bits per heavy atom. The molecular weight excluding hydrogens is 362 g/mol. The van der Waals surface area contributed by atoms with E-state index in [0.29, 0.717) is 12.2 Å². The van der Waals surface area contributed by atoms with Gasteiger partial charge >= 0.3 is 5.97 Å². The summed E-state index contributed by atoms with van der Waals surface area (Å²) in [5.41, 5.74) is 1.21. The zero-order chi connectivity index (χ0) is 20.1. The van der Waals surface area contributed by atoms with Gasteiger partial charge in [-0.1, -0.05) is 42.5 Å². The molecule has 1 aliphatic heterocycles. The van der Waals surface area contributed by atoms with Crippen molar-refractivity contribution in [1.29, 1.82) is 0 Å². The van der Waals surface area contributed by atoms with Crippen molar-refractivity contribution in [3.8, 4) is 0 Å². The van der Waals surface area contributed by atoms with Crippen molar-refractivity contribution in [2.75, 3.05) is 25.0 Å². The number of hydrogen-bond acceptors (Lipinski definition) is 5. The van der Waals surface area contributed by atoms with Crippen LogP contribution in [0.25, 0.3) is 0 Å². The number of benzene rings is 2. The molecule has 2 atom stereocenters. The molecule has 0 bridgehead atoms. The van der Waals surface area contributed by atoms with Gasteiger partial charge in [0.05, 0.1) is 10.8 Å². The number of nitro benzene ring substituents is 1. The molecule has 8 nitrogen and oxygen atoms in total. The van der Waals surface area contributed by atoms with Gasteiger partial charge in [0.15, 0.2) is 0 Å². The highest BCUT2D eigenvalue weighted by Gasteiger charge is 2.40. The summed E-state index contributed by atoms with van der Waals surface area (Å²) < 4.78 is 0. The van der Waals surface area contributed by atoms with Gasteiger partial charge in [0.2, 0.25) is 5.91 Å². The van der Waals surface area contributed by atoms with Crippen LogP contribution in [0.1, 0.15) is 17.9 Å². The molecule has 0 spiro atoms. The minimum Gasteiger partial charge on any atom is -0.481 e. The third-order valence-corrected chi connectivity index (χ3v) is 4.97. The van der Waals surface area contributed by atoms with E-state index in [9.17, 15) is 24.8 Å². The number of carbonyl (C=O) groups excluding carboxylic acids is 1. The predicted octanol–water partition coefficient (Wildman–Crippen LogP) is 2.72. The molecule has 2 aromatic rings. The Morgan fingerprint density at radius 1 is 1.11 bits per heavy atom. The second kappa shape index (κ2) is 8.51. The average molecular weight is 383 g/mol. The standard InChI is InChI=1S/C20H21N3O5/c24-19(10-11-21-17-8-4-5-9-18(17)23(27)28)22-12-15(16(13-22)20(25)26)14-6-2-1-3-7-14/h1-9,15-16,21H,10-13H2,(H,25,26). The van der Waals surface area contributed by atoms with Crippen LogP contribution in [0.3, 0.4) is 0 Å². The molecular formula is C20H21N3O5. The summed E-state index contributed by atoms with van der Waals surface area (Å²) in [5.74, 6) is -1.97. The third-order valence-electron chi connectivity index (χ3n) is 4.97. The second-order valence-electron chi connectivity index (χ2n) is 6.71. The van der Waals surface area contributed by atoms with Gasteiger partial charge in [0, 0.05) is 38.0 Å². The number of carboxylic acid groups (broad SMARTS) is 1. The van der Waals surface area contributed by atoms with Crippen LogP contribution in [0.5, 0.6) is 0 Å². The maximum absolute atomic E-state index is 12.6. The SMILES string of the molecule is O=C(O)C1CN(C(=O)CCNc2ccccc2[N+](=O)[O-])CC1c1ccccc1. The molecule has 0 aromatic heterocycles. The van der Waals surface area contributed by atoms with Gasteiger partial charge in [-0.15, -0.1) is 0 Å². The molecule has 0 saturated carbocycles. The van der Waals surface area contributed by atoms with E-state index in [0.717, 1.165) is 5.56 Å². The molecule has 0 aliphatic carbocycles. The lowest BCUT2D eigenvalue weighted by Gasteiger charge is -2.17. The number of nitrogens with one attached hydrogen (secondary N) is 1. The van der Waals surface area contributed by atoms with Crippen LogP contribution in [0, 0.1) is 16.0 Å². The topological polar surface area (TPSA) is 113 Å². The van der Waals surface area contributed by atoms with E-state index in [2.05, 4.69) is 5.32 Å². The first-order chi connectivity index (χ1) is 13.5. The van der Waals surface area contributed by atoms with Crippen molar-refractivity contribution in [3.05, 3.63) is 70.3 Å². The highest BCUT2D eigenvalue weighted by Crippen LogP contribution is 2.33. The number of carbonyl (C=O) groups is 2. The molecule has 0 radical (unpaired) electrons. The van der Waals surface area contributed by atoms with Gasteiger partial charge in [-0.05, 0) is 11.6 Å². The van der Waals surface area contributed by atoms with Crippen molar-refractivity contribution < 1.29 is 19.6 Å². The van der Waals surface area contributed by atoms with Crippen molar-refractivity contribution >= 4 is 23.3 Å². The number of likely N-dealkylation sites (tertiary alicyclic amines) is 1. The molecule has 2 N–H and O–H groups in total. The first kappa shape index (κ1) is 19.3. The van der Waals surface area contributed by atoms with E-state index in [1.54, 1.807) is 23.1 Å². The minimum absolute atomic E-state index is 0.0498. The van der Waals surface area contributed by atoms with Crippen LogP contribution >= 0.6 is 0 Å². The molecule has 28 heavy (non-hydrogen) atoms. The number of nitrogens with zero attached hydrogens (tertiary/aromatic N) is 2. The lowest BCUT2D eigenvalue weighted by atomic mass is 9.89. The van der Waals surface area contributed by atoms with E-state index in [-0.39, 0.29) is 37.0 Å². The van der Waals surface area contributed by atoms with E-state index in [1.165, 1.54) is 6.07 Å². The number of amides is 1. The van der Waals surface area contributed by atoms with Gasteiger partial charge in [0.1, 0.15) is 5.69 Å². The monoisotopic (exact) mass is 383 g/mol. The van der Waals surface area contributed by atoms with Crippen LogP contribution in [0.15, 0.2) is 54.6 Å². The normalized spacial score (nSPS) is 18.6. The lowest BCUT2D eigenvalue weighted by Crippen LogP contribution is -2.31. The number of carboxylic acids is 1. The van der Waals surface area contributed by atoms with Crippen LogP contribution < -0.4 is 5.32 Å². The second-order valence-corrected chi connectivity index (χ2v) is 6.71. The molecule has 1 aliphatic rings. The Bertz CT molecular complexity index is 871. The summed E-state index contributed by atoms with van der Waals surface area (Å²) in [6.07, 6.45) is 0.125. The van der Waals surface area contributed by atoms with Gasteiger partial charge in [0.25, 0.3) is 5.69 Å². The van der Waals surface area contributed by atoms with Crippen molar-refractivity contribution in [3.63, 3.8) is 0 Å². The fourth-order valence-electron chi connectivity index (χ4n) is 3.54. The molecule has 2 unspecified atom stereocenters. The number of anilines is 1. The fraction of sp³-hybridized carbons (Fsp3) is 0.300. The predicted molar refractivity (Wildman–Crippen MR) is 103 cm³/mol. The van der Waals surface area contributed by atoms with Crippen molar-refractivity contribution in [2.24, 2.45) is 5.92 Å². The van der Waals surface area contributed by atoms with Gasteiger partial charge in [-0.25, -0.2) is 0 Å². The molecule has 2 aromatic carbocycles. The molecule has 1 saturated heterocycles. The van der Waals surface area contributed by atoms with Crippen molar-refractivity contribution in [1.82, 2.24) is 4.90 Å². The molecule has 3 rings (SSSR count). The minimum atomic E-state index is -0.915. The molecule has 8 heteroatoms. The van der Waals surface area contributed by atoms with Gasteiger partial charge < -0.3 is 15.3 Å². The molecule has 1 fully saturated rings. The average Bonchev–Trinajstić information content (AvgIpc) is 3.15. The Balaban J connectivity index is 1.61. The van der Waals surface area contributed by atoms with E-state index < -0.39 is 16.8 Å². The summed E-state index contributed by atoms with van der Waals surface area (Å²) in [6.45, 7) is 0.748. The maximum Gasteiger partial charge on any atom is 0.308 e. The Kier molecular flexibility index (Phi) is 5.88. The summed E-state index contributed by atoms with van der Waals surface area (Å²) >= 11 is 0. The summed E-state index contributed by atoms with van der Waals surface area (Å²) in [7, 11) is 0. The number of aliphatic carboxylic acids is 1. The van der Waals surface area contributed by atoms with E-state index in [4.69, 9.17) is 0 Å². The number of nitro groups is 1. The zero-order valence-electron chi connectivity index (χ0n) is 15.2. The van der Waals surface area contributed by atoms with Gasteiger partial charge in [-0.3, -0.25) is 19.7 Å².